The first-order valence-electron chi connectivity index (χ1n) is 7.24. The fourth-order valence-corrected chi connectivity index (χ4v) is 2.71. The second kappa shape index (κ2) is 8.09. The lowest BCUT2D eigenvalue weighted by atomic mass is 10.2. The van der Waals surface area contributed by atoms with E-state index in [1.165, 1.54) is 24.3 Å². The van der Waals surface area contributed by atoms with Crippen LogP contribution in [0.2, 0.25) is 0 Å². The maximum atomic E-state index is 12.1. The van der Waals surface area contributed by atoms with Crippen molar-refractivity contribution < 1.29 is 14.3 Å². The van der Waals surface area contributed by atoms with Crippen LogP contribution in [-0.2, 0) is 14.3 Å². The van der Waals surface area contributed by atoms with Gasteiger partial charge in [0.25, 0.3) is 5.91 Å². The molecule has 0 fully saturated rings. The summed E-state index contributed by atoms with van der Waals surface area (Å²) in [6, 6.07) is 10.6. The van der Waals surface area contributed by atoms with Crippen LogP contribution in [0.1, 0.15) is 22.9 Å². The second-order valence-electron chi connectivity index (χ2n) is 5.03. The Balaban J connectivity index is 1.94. The molecule has 0 bridgehead atoms. The zero-order valence-electron chi connectivity index (χ0n) is 13.3. The van der Waals surface area contributed by atoms with Crippen molar-refractivity contribution in [3.63, 3.8) is 0 Å². The van der Waals surface area contributed by atoms with Crippen molar-refractivity contribution in [3.8, 4) is 6.07 Å². The van der Waals surface area contributed by atoms with Crippen molar-refractivity contribution in [2.24, 2.45) is 0 Å². The van der Waals surface area contributed by atoms with Crippen molar-refractivity contribution in [2.45, 2.75) is 20.0 Å². The van der Waals surface area contributed by atoms with E-state index in [1.807, 2.05) is 24.4 Å². The van der Waals surface area contributed by atoms with Gasteiger partial charge in [0.1, 0.15) is 6.07 Å². The zero-order chi connectivity index (χ0) is 17.5. The third kappa shape index (κ3) is 4.54. The van der Waals surface area contributed by atoms with Crippen LogP contribution in [0.25, 0.3) is 6.08 Å². The predicted octanol–water partition coefficient (Wildman–Crippen LogP) is 3.51. The molecule has 122 valence electrons. The van der Waals surface area contributed by atoms with Gasteiger partial charge in [-0.2, -0.15) is 5.26 Å². The highest BCUT2D eigenvalue weighted by Crippen LogP contribution is 2.17. The van der Waals surface area contributed by atoms with Gasteiger partial charge in [-0.1, -0.05) is 12.1 Å². The maximum Gasteiger partial charge on any atom is 0.331 e. The Labute approximate surface area is 144 Å². The number of esters is 1. The number of amides is 1. The molecule has 0 saturated carbocycles. The Morgan fingerprint density at radius 1 is 1.33 bits per heavy atom. The molecule has 0 aliphatic heterocycles. The smallest absolute Gasteiger partial charge is 0.331 e. The van der Waals surface area contributed by atoms with E-state index in [4.69, 9.17) is 10.00 Å². The Morgan fingerprint density at radius 3 is 2.75 bits per heavy atom. The van der Waals surface area contributed by atoms with Gasteiger partial charge in [0.2, 0.25) is 0 Å². The molecule has 1 N–H and O–H groups in total. The second-order valence-corrected chi connectivity index (χ2v) is 5.97. The number of hydrogen-bond donors (Lipinski definition) is 1. The SMILES string of the molecule is Cc1ccsc1/C=C/C(=O)O[C@H](C)C(=O)Nc1ccccc1C#N. The molecule has 1 heterocycles. The number of aryl methyl sites for hydroxylation is 1. The third-order valence-corrected chi connectivity index (χ3v) is 4.22. The summed E-state index contributed by atoms with van der Waals surface area (Å²) >= 11 is 1.52. The van der Waals surface area contributed by atoms with Crippen LogP contribution in [0, 0.1) is 18.3 Å². The van der Waals surface area contributed by atoms with E-state index < -0.39 is 18.0 Å². The van der Waals surface area contributed by atoms with Crippen LogP contribution in [-0.4, -0.2) is 18.0 Å². The molecule has 1 atom stereocenters. The van der Waals surface area contributed by atoms with Crippen molar-refractivity contribution >= 4 is 35.0 Å². The summed E-state index contributed by atoms with van der Waals surface area (Å²) in [6.45, 7) is 3.43. The van der Waals surface area contributed by atoms with Gasteiger partial charge in [0, 0.05) is 11.0 Å². The van der Waals surface area contributed by atoms with Crippen molar-refractivity contribution in [2.75, 3.05) is 5.32 Å². The highest BCUT2D eigenvalue weighted by molar-refractivity contribution is 7.11. The number of benzene rings is 1. The average molecular weight is 340 g/mol. The Hall–Kier alpha value is -2.91. The Morgan fingerprint density at radius 2 is 2.08 bits per heavy atom. The van der Waals surface area contributed by atoms with Gasteiger partial charge in [-0.15, -0.1) is 11.3 Å². The number of hydrogen-bond acceptors (Lipinski definition) is 5. The van der Waals surface area contributed by atoms with E-state index in [9.17, 15) is 9.59 Å². The van der Waals surface area contributed by atoms with E-state index in [0.717, 1.165) is 10.4 Å². The summed E-state index contributed by atoms with van der Waals surface area (Å²) in [4.78, 5) is 24.9. The monoisotopic (exact) mass is 340 g/mol. The van der Waals surface area contributed by atoms with Crippen LogP contribution in [0.15, 0.2) is 41.8 Å². The molecule has 2 aromatic rings. The highest BCUT2D eigenvalue weighted by atomic mass is 32.1. The van der Waals surface area contributed by atoms with Gasteiger partial charge < -0.3 is 10.1 Å². The minimum absolute atomic E-state index is 0.345. The summed E-state index contributed by atoms with van der Waals surface area (Å²) in [5, 5.41) is 13.5. The normalized spacial score (nSPS) is 11.7. The van der Waals surface area contributed by atoms with Gasteiger partial charge in [0.05, 0.1) is 11.3 Å². The summed E-state index contributed by atoms with van der Waals surface area (Å²) < 4.78 is 5.08. The number of thiophene rings is 1. The number of carbonyl (C=O) groups excluding carboxylic acids is 2. The van der Waals surface area contributed by atoms with Gasteiger partial charge >= 0.3 is 5.97 Å². The van der Waals surface area contributed by atoms with Crippen LogP contribution >= 0.6 is 11.3 Å². The molecular formula is C18H16N2O3S. The number of ether oxygens (including phenoxy) is 1. The largest absolute Gasteiger partial charge is 0.449 e. The molecule has 2 rings (SSSR count). The van der Waals surface area contributed by atoms with E-state index in [1.54, 1.807) is 30.3 Å². The standard InChI is InChI=1S/C18H16N2O3S/c1-12-9-10-24-16(12)7-8-17(21)23-13(2)18(22)20-15-6-4-3-5-14(15)11-19/h3-10,13H,1-2H3,(H,20,22)/b8-7+/t13-/m1/s1. The van der Waals surface area contributed by atoms with Gasteiger partial charge in [-0.05, 0) is 49.1 Å². The number of para-hydroxylation sites is 1. The van der Waals surface area contributed by atoms with Crippen molar-refractivity contribution in [1.29, 1.82) is 5.26 Å². The summed E-state index contributed by atoms with van der Waals surface area (Å²) in [5.41, 5.74) is 1.80. The highest BCUT2D eigenvalue weighted by Gasteiger charge is 2.17. The summed E-state index contributed by atoms with van der Waals surface area (Å²) in [5.74, 6) is -1.09. The summed E-state index contributed by atoms with van der Waals surface area (Å²) in [7, 11) is 0. The van der Waals surface area contributed by atoms with Crippen LogP contribution in [0.4, 0.5) is 5.69 Å². The molecule has 5 nitrogen and oxygen atoms in total. The molecule has 0 unspecified atom stereocenters. The molecule has 0 aliphatic rings. The molecule has 1 amide bonds. The molecule has 24 heavy (non-hydrogen) atoms. The fraction of sp³-hybridized carbons (Fsp3) is 0.167. The lowest BCUT2D eigenvalue weighted by molar-refractivity contribution is -0.148. The number of nitrogens with zero attached hydrogens (tertiary/aromatic N) is 1. The molecule has 0 radical (unpaired) electrons. The molecule has 6 heteroatoms. The van der Waals surface area contributed by atoms with Gasteiger partial charge in [-0.3, -0.25) is 4.79 Å². The maximum absolute atomic E-state index is 12.1. The van der Waals surface area contributed by atoms with Crippen molar-refractivity contribution in [3.05, 3.63) is 57.8 Å². The number of carbonyl (C=O) groups is 2. The molecular weight excluding hydrogens is 324 g/mol. The molecule has 0 spiro atoms. The van der Waals surface area contributed by atoms with E-state index in [2.05, 4.69) is 5.32 Å². The van der Waals surface area contributed by atoms with Gasteiger partial charge in [0.15, 0.2) is 6.10 Å². The predicted molar refractivity (Wildman–Crippen MR) is 93.4 cm³/mol. The van der Waals surface area contributed by atoms with E-state index in [-0.39, 0.29) is 0 Å². The first kappa shape index (κ1) is 17.4. The van der Waals surface area contributed by atoms with Crippen LogP contribution in [0.3, 0.4) is 0 Å². The number of anilines is 1. The van der Waals surface area contributed by atoms with Crippen LogP contribution in [0.5, 0.6) is 0 Å². The first-order valence-corrected chi connectivity index (χ1v) is 8.12. The topological polar surface area (TPSA) is 79.2 Å². The van der Waals surface area contributed by atoms with Crippen LogP contribution < -0.4 is 5.32 Å². The Bertz CT molecular complexity index is 818. The molecule has 1 aromatic carbocycles. The third-order valence-electron chi connectivity index (χ3n) is 3.24. The lowest BCUT2D eigenvalue weighted by Crippen LogP contribution is -2.29. The summed E-state index contributed by atoms with van der Waals surface area (Å²) in [6.07, 6.45) is 1.99. The minimum atomic E-state index is -0.974. The van der Waals surface area contributed by atoms with Crippen molar-refractivity contribution in [1.82, 2.24) is 0 Å². The van der Waals surface area contributed by atoms with E-state index in [0.29, 0.717) is 11.3 Å². The average Bonchev–Trinajstić information content (AvgIpc) is 2.98. The number of nitriles is 1. The number of rotatable bonds is 5. The molecule has 0 aliphatic carbocycles. The fourth-order valence-electron chi connectivity index (χ4n) is 1.89. The first-order chi connectivity index (χ1) is 11.5. The van der Waals surface area contributed by atoms with Gasteiger partial charge in [-0.25, -0.2) is 4.79 Å². The Kier molecular flexibility index (Phi) is 5.88. The van der Waals surface area contributed by atoms with E-state index >= 15 is 0 Å². The lowest BCUT2D eigenvalue weighted by Gasteiger charge is -2.13. The zero-order valence-corrected chi connectivity index (χ0v) is 14.1. The molecule has 0 saturated heterocycles. The quantitative estimate of drug-likeness (QED) is 0.667. The molecule has 1 aromatic heterocycles. The minimum Gasteiger partial charge on any atom is -0.449 e. The number of nitrogens with one attached hydrogen (secondary N) is 1.